The van der Waals surface area contributed by atoms with E-state index in [1.165, 1.54) is 6.92 Å². The Balaban J connectivity index is 1.91. The van der Waals surface area contributed by atoms with E-state index in [2.05, 4.69) is 5.32 Å². The number of nitrogens with two attached hydrogens (primary N) is 1. The van der Waals surface area contributed by atoms with Gasteiger partial charge in [0, 0.05) is 30.0 Å². The first kappa shape index (κ1) is 16.1. The summed E-state index contributed by atoms with van der Waals surface area (Å²) < 4.78 is 0. The number of carbonyl (C=O) groups is 2. The highest BCUT2D eigenvalue weighted by Gasteiger charge is 2.22. The first-order valence-electron chi connectivity index (χ1n) is 8.11. The summed E-state index contributed by atoms with van der Waals surface area (Å²) in [7, 11) is 0. The minimum Gasteiger partial charge on any atom is -0.399 e. The van der Waals surface area contributed by atoms with E-state index in [9.17, 15) is 9.59 Å². The van der Waals surface area contributed by atoms with Crippen LogP contribution in [0.1, 0.15) is 40.5 Å². The molecule has 0 unspecified atom stereocenters. The summed E-state index contributed by atoms with van der Waals surface area (Å²) in [6, 6.07) is 12.5. The summed E-state index contributed by atoms with van der Waals surface area (Å²) in [6.45, 7) is 3.10. The van der Waals surface area contributed by atoms with Crippen LogP contribution in [0, 0.1) is 0 Å². The van der Waals surface area contributed by atoms with Crippen molar-refractivity contribution in [2.24, 2.45) is 0 Å². The summed E-state index contributed by atoms with van der Waals surface area (Å²) in [5, 5.41) is 3.24. The molecule has 0 aliphatic carbocycles. The molecule has 24 heavy (non-hydrogen) atoms. The number of amides is 1. The highest BCUT2D eigenvalue weighted by molar-refractivity contribution is 6.01. The zero-order chi connectivity index (χ0) is 17.1. The summed E-state index contributed by atoms with van der Waals surface area (Å²) >= 11 is 0. The van der Waals surface area contributed by atoms with Gasteiger partial charge in [-0.25, -0.2) is 0 Å². The molecule has 1 fully saturated rings. The van der Waals surface area contributed by atoms with Crippen molar-refractivity contribution in [2.75, 3.05) is 24.1 Å². The molecule has 0 spiro atoms. The smallest absolute Gasteiger partial charge is 0.256 e. The van der Waals surface area contributed by atoms with Crippen molar-refractivity contribution in [3.63, 3.8) is 0 Å². The molecule has 1 amide bonds. The fraction of sp³-hybridized carbons (Fsp3) is 0.263. The second kappa shape index (κ2) is 6.74. The summed E-state index contributed by atoms with van der Waals surface area (Å²) in [6.07, 6.45) is 2.08. The lowest BCUT2D eigenvalue weighted by Gasteiger charge is -2.19. The number of hydrogen-bond acceptors (Lipinski definition) is 4. The molecule has 1 aliphatic heterocycles. The van der Waals surface area contributed by atoms with Crippen LogP contribution < -0.4 is 11.1 Å². The number of carbonyl (C=O) groups excluding carboxylic acids is 2. The Hall–Kier alpha value is -2.82. The molecule has 0 atom stereocenters. The first-order chi connectivity index (χ1) is 11.5. The van der Waals surface area contributed by atoms with Gasteiger partial charge in [0.05, 0.1) is 11.3 Å². The van der Waals surface area contributed by atoms with Gasteiger partial charge in [0.2, 0.25) is 0 Å². The highest BCUT2D eigenvalue weighted by atomic mass is 16.2. The number of benzene rings is 2. The number of nitrogens with one attached hydrogen (secondary N) is 1. The molecule has 0 bridgehead atoms. The van der Waals surface area contributed by atoms with Crippen LogP contribution in [0.25, 0.3) is 0 Å². The van der Waals surface area contributed by atoms with Crippen molar-refractivity contribution >= 4 is 28.8 Å². The van der Waals surface area contributed by atoms with Crippen molar-refractivity contribution in [1.82, 2.24) is 4.90 Å². The Kier molecular flexibility index (Phi) is 4.51. The van der Waals surface area contributed by atoms with Crippen LogP contribution in [0.3, 0.4) is 0 Å². The van der Waals surface area contributed by atoms with Crippen LogP contribution in [0.5, 0.6) is 0 Å². The molecule has 5 heteroatoms. The number of hydrogen-bond donors (Lipinski definition) is 2. The molecule has 2 aromatic carbocycles. The molecular weight excluding hydrogens is 302 g/mol. The maximum Gasteiger partial charge on any atom is 0.256 e. The molecular formula is C19H21N3O2. The Labute approximate surface area is 141 Å². The monoisotopic (exact) mass is 323 g/mol. The predicted octanol–water partition coefficient (Wildman–Crippen LogP) is 3.45. The van der Waals surface area contributed by atoms with Gasteiger partial charge in [0.25, 0.3) is 5.91 Å². The van der Waals surface area contributed by atoms with Crippen molar-refractivity contribution in [1.29, 1.82) is 0 Å². The Morgan fingerprint density at radius 1 is 1.08 bits per heavy atom. The van der Waals surface area contributed by atoms with Gasteiger partial charge in [0.1, 0.15) is 0 Å². The fourth-order valence-electron chi connectivity index (χ4n) is 2.91. The van der Waals surface area contributed by atoms with Gasteiger partial charge in [-0.3, -0.25) is 9.59 Å². The van der Waals surface area contributed by atoms with E-state index in [0.717, 1.165) is 31.6 Å². The van der Waals surface area contributed by atoms with Gasteiger partial charge >= 0.3 is 0 Å². The molecule has 0 saturated carbocycles. The number of nitrogen functional groups attached to an aromatic ring is 1. The van der Waals surface area contributed by atoms with Crippen molar-refractivity contribution in [3.05, 3.63) is 53.6 Å². The lowest BCUT2D eigenvalue weighted by Crippen LogP contribution is -2.28. The summed E-state index contributed by atoms with van der Waals surface area (Å²) in [5.41, 5.74) is 9.08. The van der Waals surface area contributed by atoms with E-state index in [-0.39, 0.29) is 11.7 Å². The second-order valence-electron chi connectivity index (χ2n) is 6.07. The first-order valence-corrected chi connectivity index (χ1v) is 8.11. The summed E-state index contributed by atoms with van der Waals surface area (Å²) in [5.74, 6) is -0.00524. The van der Waals surface area contributed by atoms with Crippen LogP contribution in [-0.4, -0.2) is 29.7 Å². The standard InChI is InChI=1S/C19H21N3O2/c1-13(23)14-5-4-6-16(11-14)21-18-8-7-15(20)12-17(18)19(24)22-9-2-3-10-22/h4-8,11-12,21H,2-3,9-10,20H2,1H3. The normalized spacial score (nSPS) is 13.8. The average Bonchev–Trinajstić information content (AvgIpc) is 3.10. The van der Waals surface area contributed by atoms with Gasteiger partial charge in [-0.15, -0.1) is 0 Å². The van der Waals surface area contributed by atoms with E-state index in [1.807, 2.05) is 17.0 Å². The van der Waals surface area contributed by atoms with Gasteiger partial charge in [-0.05, 0) is 50.1 Å². The van der Waals surface area contributed by atoms with Gasteiger partial charge in [-0.2, -0.15) is 0 Å². The van der Waals surface area contributed by atoms with Gasteiger partial charge < -0.3 is 16.0 Å². The van der Waals surface area contributed by atoms with Crippen LogP contribution in [0.15, 0.2) is 42.5 Å². The summed E-state index contributed by atoms with van der Waals surface area (Å²) in [4.78, 5) is 26.2. The maximum atomic E-state index is 12.8. The SMILES string of the molecule is CC(=O)c1cccc(Nc2ccc(N)cc2C(=O)N2CCCC2)c1. The van der Waals surface area contributed by atoms with Crippen LogP contribution in [-0.2, 0) is 0 Å². The van der Waals surface area contributed by atoms with E-state index in [1.54, 1.807) is 30.3 Å². The molecule has 0 aromatic heterocycles. The van der Waals surface area contributed by atoms with Gasteiger partial charge in [-0.1, -0.05) is 12.1 Å². The third-order valence-electron chi connectivity index (χ3n) is 4.22. The largest absolute Gasteiger partial charge is 0.399 e. The molecule has 0 radical (unpaired) electrons. The predicted molar refractivity (Wildman–Crippen MR) is 95.7 cm³/mol. The zero-order valence-electron chi connectivity index (χ0n) is 13.7. The molecule has 1 aliphatic rings. The van der Waals surface area contributed by atoms with E-state index in [4.69, 9.17) is 5.73 Å². The van der Waals surface area contributed by atoms with Crippen molar-refractivity contribution in [3.8, 4) is 0 Å². The lowest BCUT2D eigenvalue weighted by molar-refractivity contribution is 0.0793. The topological polar surface area (TPSA) is 75.4 Å². The third-order valence-corrected chi connectivity index (χ3v) is 4.22. The minimum atomic E-state index is -0.00924. The van der Waals surface area contributed by atoms with Crippen LogP contribution in [0.2, 0.25) is 0 Å². The zero-order valence-corrected chi connectivity index (χ0v) is 13.7. The molecule has 3 rings (SSSR count). The number of anilines is 3. The Bertz CT molecular complexity index is 780. The fourth-order valence-corrected chi connectivity index (χ4v) is 2.91. The number of rotatable bonds is 4. The van der Waals surface area contributed by atoms with E-state index >= 15 is 0 Å². The van der Waals surface area contributed by atoms with Crippen LogP contribution >= 0.6 is 0 Å². The molecule has 1 saturated heterocycles. The Morgan fingerprint density at radius 2 is 1.83 bits per heavy atom. The molecule has 2 aromatic rings. The van der Waals surface area contributed by atoms with E-state index in [0.29, 0.717) is 22.5 Å². The second-order valence-corrected chi connectivity index (χ2v) is 6.07. The number of ketones is 1. The average molecular weight is 323 g/mol. The van der Waals surface area contributed by atoms with Crippen molar-refractivity contribution in [2.45, 2.75) is 19.8 Å². The molecule has 1 heterocycles. The highest BCUT2D eigenvalue weighted by Crippen LogP contribution is 2.26. The number of Topliss-reactive ketones (excluding diaryl/α,β-unsaturated/α-hetero) is 1. The number of nitrogens with zero attached hydrogens (tertiary/aromatic N) is 1. The van der Waals surface area contributed by atoms with Crippen LogP contribution in [0.4, 0.5) is 17.1 Å². The minimum absolute atomic E-state index is 0.00400. The number of likely N-dealkylation sites (tertiary alicyclic amines) is 1. The van der Waals surface area contributed by atoms with Gasteiger partial charge in [0.15, 0.2) is 5.78 Å². The molecule has 124 valence electrons. The van der Waals surface area contributed by atoms with Crippen molar-refractivity contribution < 1.29 is 9.59 Å². The third kappa shape index (κ3) is 3.40. The Morgan fingerprint density at radius 3 is 2.54 bits per heavy atom. The quantitative estimate of drug-likeness (QED) is 0.667. The lowest BCUT2D eigenvalue weighted by atomic mass is 10.1. The maximum absolute atomic E-state index is 12.8. The molecule has 3 N–H and O–H groups in total. The van der Waals surface area contributed by atoms with E-state index < -0.39 is 0 Å². The molecule has 5 nitrogen and oxygen atoms in total.